The summed E-state index contributed by atoms with van der Waals surface area (Å²) < 4.78 is 34.0. The van der Waals surface area contributed by atoms with Crippen LogP contribution in [-0.4, -0.2) is 57.0 Å². The fourth-order valence-corrected chi connectivity index (χ4v) is 22.8. The van der Waals surface area contributed by atoms with E-state index in [9.17, 15) is 0 Å². The molecule has 0 aromatic carbocycles. The monoisotopic (exact) mass is 621 g/mol. The largest absolute Gasteiger partial charge is 0.381 e. The van der Waals surface area contributed by atoms with Gasteiger partial charge < -0.3 is 18.5 Å². The molecular weight excluding hydrogens is 560 g/mol. The topological polar surface area (TPSA) is 49.3 Å². The van der Waals surface area contributed by atoms with Crippen molar-refractivity contribution < 1.29 is 18.5 Å². The lowest BCUT2D eigenvalue weighted by Crippen LogP contribution is -2.51. The highest BCUT2D eigenvalue weighted by Gasteiger charge is 2.60. The summed E-state index contributed by atoms with van der Waals surface area (Å²) >= 11 is 0. The Labute approximate surface area is 258 Å². The zero-order valence-corrected chi connectivity index (χ0v) is 28.8. The minimum atomic E-state index is -2.08. The van der Waals surface area contributed by atoms with Crippen LogP contribution in [0.2, 0.25) is 0 Å². The van der Waals surface area contributed by atoms with E-state index < -0.39 is 14.8 Å². The van der Waals surface area contributed by atoms with E-state index in [1.165, 1.54) is 116 Å². The standard InChI is InChI=1S/C35H61NO4P2/c1-36-42(32-18-10-8-16-28(32)37-2,33-19-11-9-17-29(33)38-3)41-39-30-22-20-24-12-4-6-14-26(24)34(30)35-27-15-7-5-13-25(27)21-23-31(35)40-41/h24-35H,4-23H2,1-3H3. The van der Waals surface area contributed by atoms with Crippen LogP contribution in [-0.2, 0) is 18.5 Å². The van der Waals surface area contributed by atoms with Crippen molar-refractivity contribution in [2.24, 2.45) is 40.3 Å². The van der Waals surface area contributed by atoms with E-state index in [1.807, 2.05) is 14.2 Å². The van der Waals surface area contributed by atoms with Gasteiger partial charge in [0.05, 0.1) is 31.2 Å². The molecule has 7 aliphatic rings. The van der Waals surface area contributed by atoms with E-state index in [-0.39, 0.29) is 12.2 Å². The Morgan fingerprint density at radius 1 is 0.548 bits per heavy atom. The maximum atomic E-state index is 7.77. The number of hydrogen-bond donors (Lipinski definition) is 0. The third-order valence-corrected chi connectivity index (χ3v) is 23.5. The molecule has 0 aromatic heterocycles. The molecule has 7 rings (SSSR count). The van der Waals surface area contributed by atoms with Crippen LogP contribution in [0, 0.1) is 35.5 Å². The number of nitrogens with zero attached hydrogens (tertiary/aromatic N) is 1. The van der Waals surface area contributed by atoms with Gasteiger partial charge in [-0.3, -0.25) is 4.74 Å². The Kier molecular flexibility index (Phi) is 10.1. The van der Waals surface area contributed by atoms with Crippen LogP contribution < -0.4 is 0 Å². The van der Waals surface area contributed by atoms with Gasteiger partial charge in [-0.1, -0.05) is 64.2 Å². The van der Waals surface area contributed by atoms with Crippen molar-refractivity contribution >= 4 is 14.8 Å². The molecule has 1 saturated heterocycles. The summed E-state index contributed by atoms with van der Waals surface area (Å²) in [5.74, 6) is 5.00. The van der Waals surface area contributed by atoms with Crippen molar-refractivity contribution in [1.82, 2.24) is 0 Å². The molecule has 1 aliphatic heterocycles. The summed E-state index contributed by atoms with van der Waals surface area (Å²) in [4.78, 5) is 0. The van der Waals surface area contributed by atoms with E-state index in [4.69, 9.17) is 23.3 Å². The van der Waals surface area contributed by atoms with E-state index in [0.717, 1.165) is 36.5 Å². The molecule has 0 N–H and O–H groups in total. The Balaban J connectivity index is 1.32. The van der Waals surface area contributed by atoms with Gasteiger partial charge in [-0.15, -0.1) is 0 Å². The Morgan fingerprint density at radius 2 is 0.976 bits per heavy atom. The number of rotatable bonds is 5. The van der Waals surface area contributed by atoms with Gasteiger partial charge in [0.15, 0.2) is 0 Å². The molecular formula is C35H61NO4P2. The van der Waals surface area contributed by atoms with Crippen molar-refractivity contribution in [2.45, 2.75) is 164 Å². The van der Waals surface area contributed by atoms with E-state index in [2.05, 4.69) is 7.05 Å². The highest BCUT2D eigenvalue weighted by atomic mass is 32.1. The average molecular weight is 622 g/mol. The minimum Gasteiger partial charge on any atom is -0.381 e. The second-order valence-corrected chi connectivity index (χ2v) is 22.3. The smallest absolute Gasteiger partial charge is 0.214 e. The summed E-state index contributed by atoms with van der Waals surface area (Å²) in [6, 6.07) is 0. The minimum absolute atomic E-state index is 0.280. The zero-order chi connectivity index (χ0) is 28.7. The average Bonchev–Trinajstić information content (AvgIpc) is 3.23. The van der Waals surface area contributed by atoms with Gasteiger partial charge in [-0.25, -0.2) is 0 Å². The van der Waals surface area contributed by atoms with Crippen molar-refractivity contribution in [1.29, 1.82) is 0 Å². The summed E-state index contributed by atoms with van der Waals surface area (Å²) in [6.45, 7) is -2.08. The van der Waals surface area contributed by atoms with Crippen molar-refractivity contribution in [3.05, 3.63) is 0 Å². The number of hydrogen-bond acceptors (Lipinski definition) is 5. The second-order valence-electron chi connectivity index (χ2n) is 15.4. The maximum absolute atomic E-state index is 7.77. The van der Waals surface area contributed by atoms with Crippen LogP contribution in [0.1, 0.15) is 128 Å². The SMILES string of the molecule is CN=P(C1CCCCC1OC)(C1CCCCC1OC)P1OC2CCC3CCCCC3C2C2C(CCC3CCCCC32)O1. The predicted octanol–water partition coefficient (Wildman–Crippen LogP) is 10.2. The highest BCUT2D eigenvalue weighted by molar-refractivity contribution is 8.30. The molecule has 1 heterocycles. The van der Waals surface area contributed by atoms with Gasteiger partial charge in [0, 0.05) is 32.6 Å². The van der Waals surface area contributed by atoms with Gasteiger partial charge >= 0.3 is 0 Å². The van der Waals surface area contributed by atoms with Gasteiger partial charge in [-0.2, -0.15) is 0 Å². The number of methoxy groups -OCH3 is 2. The molecule has 6 saturated carbocycles. The molecule has 12 unspecified atom stereocenters. The molecule has 42 heavy (non-hydrogen) atoms. The number of fused-ring (bicyclic) bond motifs is 7. The fourth-order valence-electron chi connectivity index (χ4n) is 12.0. The Morgan fingerprint density at radius 3 is 1.43 bits per heavy atom. The first kappa shape index (κ1) is 31.1. The van der Waals surface area contributed by atoms with E-state index in [0.29, 0.717) is 35.4 Å². The third kappa shape index (κ3) is 5.47. The maximum Gasteiger partial charge on any atom is 0.214 e. The van der Waals surface area contributed by atoms with Crippen LogP contribution in [0.5, 0.6) is 0 Å². The molecule has 240 valence electrons. The van der Waals surface area contributed by atoms with Crippen LogP contribution in [0.4, 0.5) is 0 Å². The van der Waals surface area contributed by atoms with Crippen molar-refractivity contribution in [3.8, 4) is 0 Å². The molecule has 7 fully saturated rings. The van der Waals surface area contributed by atoms with Crippen LogP contribution in [0.3, 0.4) is 0 Å². The highest BCUT2D eigenvalue weighted by Crippen LogP contribution is 2.88. The first-order chi connectivity index (χ1) is 20.7. The van der Waals surface area contributed by atoms with Gasteiger partial charge in [-0.05, 0) is 99.7 Å². The quantitative estimate of drug-likeness (QED) is 0.287. The molecule has 0 spiro atoms. The summed E-state index contributed by atoms with van der Waals surface area (Å²) in [5.41, 5.74) is 0.917. The van der Waals surface area contributed by atoms with Crippen LogP contribution >= 0.6 is 14.8 Å². The zero-order valence-electron chi connectivity index (χ0n) is 27.0. The third-order valence-electron chi connectivity index (χ3n) is 13.8. The van der Waals surface area contributed by atoms with Gasteiger partial charge in [0.1, 0.15) is 0 Å². The summed E-state index contributed by atoms with van der Waals surface area (Å²) in [6.07, 6.45) is 28.1. The van der Waals surface area contributed by atoms with Crippen molar-refractivity contribution in [3.63, 3.8) is 0 Å². The molecule has 0 radical (unpaired) electrons. The summed E-state index contributed by atoms with van der Waals surface area (Å²) in [5, 5.41) is 0. The molecule has 0 aromatic rings. The number of ether oxygens (including phenoxy) is 2. The fraction of sp³-hybridized carbons (Fsp3) is 1.00. The Bertz CT molecular complexity index is 895. The lowest BCUT2D eigenvalue weighted by molar-refractivity contribution is -0.0856. The van der Waals surface area contributed by atoms with Crippen LogP contribution in [0.15, 0.2) is 4.74 Å². The molecule has 7 heteroatoms. The Hall–Kier alpha value is 0.500. The lowest BCUT2D eigenvalue weighted by Gasteiger charge is -2.53. The van der Waals surface area contributed by atoms with Crippen LogP contribution in [0.25, 0.3) is 0 Å². The first-order valence-corrected chi connectivity index (χ1v) is 22.2. The lowest BCUT2D eigenvalue weighted by atomic mass is 9.53. The predicted molar refractivity (Wildman–Crippen MR) is 174 cm³/mol. The normalized spacial score (nSPS) is 49.3. The molecule has 5 nitrogen and oxygen atoms in total. The molecule has 0 bridgehead atoms. The summed E-state index contributed by atoms with van der Waals surface area (Å²) in [7, 11) is 4.99. The van der Waals surface area contributed by atoms with Crippen molar-refractivity contribution in [2.75, 3.05) is 21.3 Å². The van der Waals surface area contributed by atoms with Gasteiger partial charge in [0.2, 0.25) is 8.06 Å². The molecule has 0 amide bonds. The molecule has 6 aliphatic carbocycles. The molecule has 12 atom stereocenters. The van der Waals surface area contributed by atoms with E-state index >= 15 is 0 Å². The van der Waals surface area contributed by atoms with Gasteiger partial charge in [0.25, 0.3) is 0 Å². The first-order valence-electron chi connectivity index (χ1n) is 18.4. The second kappa shape index (κ2) is 13.7. The van der Waals surface area contributed by atoms with E-state index in [1.54, 1.807) is 0 Å².